The van der Waals surface area contributed by atoms with E-state index in [1.54, 1.807) is 0 Å². The predicted octanol–water partition coefficient (Wildman–Crippen LogP) is 2.43. The molecule has 4 rings (SSSR count). The number of rotatable bonds is 4. The van der Waals surface area contributed by atoms with Crippen LogP contribution in [0.3, 0.4) is 0 Å². The van der Waals surface area contributed by atoms with Gasteiger partial charge in [-0.05, 0) is 49.5 Å². The second-order valence-corrected chi connectivity index (χ2v) is 7.91. The van der Waals surface area contributed by atoms with E-state index < -0.39 is 0 Å². The van der Waals surface area contributed by atoms with Gasteiger partial charge in [-0.2, -0.15) is 0 Å². The highest BCUT2D eigenvalue weighted by Crippen LogP contribution is 2.57. The van der Waals surface area contributed by atoms with Crippen LogP contribution in [0.5, 0.6) is 0 Å². The molecule has 4 atom stereocenters. The van der Waals surface area contributed by atoms with Crippen LogP contribution in [0.25, 0.3) is 0 Å². The molecular formula is C20H26N2O2. The summed E-state index contributed by atoms with van der Waals surface area (Å²) < 4.78 is 0. The molecule has 2 N–H and O–H groups in total. The van der Waals surface area contributed by atoms with Gasteiger partial charge in [-0.15, -0.1) is 0 Å². The Morgan fingerprint density at radius 3 is 2.67 bits per heavy atom. The van der Waals surface area contributed by atoms with Crippen molar-refractivity contribution < 1.29 is 9.59 Å². The van der Waals surface area contributed by atoms with Gasteiger partial charge in [0.05, 0.1) is 5.41 Å². The van der Waals surface area contributed by atoms with Gasteiger partial charge in [0.25, 0.3) is 0 Å². The first kappa shape index (κ1) is 15.7. The molecule has 2 amide bonds. The van der Waals surface area contributed by atoms with Gasteiger partial charge >= 0.3 is 0 Å². The number of piperidine rings is 1. The van der Waals surface area contributed by atoms with Gasteiger partial charge in [0.2, 0.25) is 11.8 Å². The van der Waals surface area contributed by atoms with Gasteiger partial charge in [-0.3, -0.25) is 9.59 Å². The molecule has 24 heavy (non-hydrogen) atoms. The van der Waals surface area contributed by atoms with E-state index in [9.17, 15) is 9.59 Å². The van der Waals surface area contributed by atoms with Crippen LogP contribution in [0, 0.1) is 17.3 Å². The zero-order valence-corrected chi connectivity index (χ0v) is 14.1. The second kappa shape index (κ2) is 6.23. The lowest BCUT2D eigenvalue weighted by atomic mass is 9.68. The summed E-state index contributed by atoms with van der Waals surface area (Å²) in [7, 11) is 0. The number of hydrogen-bond donors (Lipinski definition) is 2. The van der Waals surface area contributed by atoms with Crippen molar-refractivity contribution in [2.45, 2.75) is 51.0 Å². The Morgan fingerprint density at radius 1 is 1.21 bits per heavy atom. The summed E-state index contributed by atoms with van der Waals surface area (Å²) in [4.78, 5) is 24.6. The molecule has 1 saturated heterocycles. The third kappa shape index (κ3) is 2.83. The summed E-state index contributed by atoms with van der Waals surface area (Å²) >= 11 is 0. The number of fused-ring (bicyclic) bond motifs is 2. The molecule has 3 aliphatic rings. The Kier molecular flexibility index (Phi) is 4.07. The fourth-order valence-corrected chi connectivity index (χ4v) is 5.16. The summed E-state index contributed by atoms with van der Waals surface area (Å²) in [6, 6.07) is 10.5. The number of nitrogens with one attached hydrogen (secondary N) is 2. The Bertz CT molecular complexity index is 620. The fourth-order valence-electron chi connectivity index (χ4n) is 5.16. The van der Waals surface area contributed by atoms with E-state index in [1.807, 2.05) is 6.07 Å². The highest BCUT2D eigenvalue weighted by molar-refractivity contribution is 5.85. The van der Waals surface area contributed by atoms with E-state index in [0.29, 0.717) is 18.9 Å². The van der Waals surface area contributed by atoms with Crippen LogP contribution in [-0.4, -0.2) is 24.4 Å². The van der Waals surface area contributed by atoms with E-state index in [-0.39, 0.29) is 23.3 Å². The van der Waals surface area contributed by atoms with Gasteiger partial charge in [-0.25, -0.2) is 0 Å². The van der Waals surface area contributed by atoms with Crippen molar-refractivity contribution in [3.05, 3.63) is 35.9 Å². The fraction of sp³-hybridized carbons (Fsp3) is 0.600. The third-order valence-electron chi connectivity index (χ3n) is 6.39. The average Bonchev–Trinajstić information content (AvgIpc) is 3.19. The van der Waals surface area contributed by atoms with Crippen molar-refractivity contribution >= 4 is 11.8 Å². The Hall–Kier alpha value is -1.84. The lowest BCUT2D eigenvalue weighted by Crippen LogP contribution is -2.54. The van der Waals surface area contributed by atoms with Gasteiger partial charge in [-0.1, -0.05) is 36.8 Å². The molecular weight excluding hydrogens is 300 g/mol. The molecule has 4 heteroatoms. The Labute approximate surface area is 143 Å². The minimum Gasteiger partial charge on any atom is -0.354 e. The van der Waals surface area contributed by atoms with Crippen molar-refractivity contribution in [1.82, 2.24) is 10.6 Å². The first-order valence-corrected chi connectivity index (χ1v) is 9.27. The van der Waals surface area contributed by atoms with Gasteiger partial charge in [0.1, 0.15) is 0 Å². The van der Waals surface area contributed by atoms with Gasteiger partial charge < -0.3 is 10.6 Å². The molecule has 128 valence electrons. The number of carbonyl (C=O) groups is 2. The molecule has 4 nitrogen and oxygen atoms in total. The van der Waals surface area contributed by atoms with Crippen molar-refractivity contribution in [3.8, 4) is 0 Å². The molecule has 0 unspecified atom stereocenters. The van der Waals surface area contributed by atoms with Crippen LogP contribution >= 0.6 is 0 Å². The van der Waals surface area contributed by atoms with Crippen molar-refractivity contribution in [2.75, 3.05) is 6.54 Å². The SMILES string of the molecule is O=C1CC[C@@H](NC(=O)[C@@]2(Cc3ccccc3)C[C@@H]3CC[C@@H]2C3)CN1. The standard InChI is InChI=1S/C20H26N2O2/c23-18-9-8-17(13-21-18)22-19(24)20(11-14-4-2-1-3-5-14)12-15-6-7-16(20)10-15/h1-5,15-17H,6-13H2,(H,21,23)(H,22,24)/t15-,16-,17-,20+/m1/s1. The first-order chi connectivity index (χ1) is 11.7. The molecule has 1 aromatic carbocycles. The molecule has 1 aromatic rings. The molecule has 2 saturated carbocycles. The van der Waals surface area contributed by atoms with Crippen molar-refractivity contribution in [2.24, 2.45) is 17.3 Å². The Morgan fingerprint density at radius 2 is 2.04 bits per heavy atom. The van der Waals surface area contributed by atoms with Crippen LogP contribution in [0.2, 0.25) is 0 Å². The molecule has 3 fully saturated rings. The second-order valence-electron chi connectivity index (χ2n) is 7.91. The van der Waals surface area contributed by atoms with Gasteiger partial charge in [0.15, 0.2) is 0 Å². The summed E-state index contributed by atoms with van der Waals surface area (Å²) in [6.45, 7) is 0.570. The highest BCUT2D eigenvalue weighted by Gasteiger charge is 2.55. The van der Waals surface area contributed by atoms with Crippen molar-refractivity contribution in [1.29, 1.82) is 0 Å². The van der Waals surface area contributed by atoms with Crippen LogP contribution in [-0.2, 0) is 16.0 Å². The van der Waals surface area contributed by atoms with E-state index in [2.05, 4.69) is 34.9 Å². The van der Waals surface area contributed by atoms with Crippen LogP contribution in [0.15, 0.2) is 30.3 Å². The number of benzene rings is 1. The molecule has 2 aliphatic carbocycles. The van der Waals surface area contributed by atoms with E-state index in [4.69, 9.17) is 0 Å². The van der Waals surface area contributed by atoms with Gasteiger partial charge in [0, 0.05) is 19.0 Å². The minimum atomic E-state index is -0.244. The molecule has 0 spiro atoms. The van der Waals surface area contributed by atoms with Crippen molar-refractivity contribution in [3.63, 3.8) is 0 Å². The maximum Gasteiger partial charge on any atom is 0.227 e. The topological polar surface area (TPSA) is 58.2 Å². The van der Waals surface area contributed by atoms with Crippen LogP contribution in [0.1, 0.15) is 44.1 Å². The largest absolute Gasteiger partial charge is 0.354 e. The molecule has 0 aromatic heterocycles. The lowest BCUT2D eigenvalue weighted by Gasteiger charge is -2.38. The van der Waals surface area contributed by atoms with E-state index in [1.165, 1.54) is 24.8 Å². The minimum absolute atomic E-state index is 0.0852. The number of hydrogen-bond acceptors (Lipinski definition) is 2. The number of carbonyl (C=O) groups excluding carboxylic acids is 2. The van der Waals surface area contributed by atoms with Crippen LogP contribution < -0.4 is 10.6 Å². The molecule has 0 radical (unpaired) electrons. The normalized spacial score (nSPS) is 34.8. The summed E-state index contributed by atoms with van der Waals surface area (Å²) in [5.74, 6) is 1.55. The van der Waals surface area contributed by atoms with Crippen LogP contribution in [0.4, 0.5) is 0 Å². The zero-order chi connectivity index (χ0) is 16.6. The maximum absolute atomic E-state index is 13.3. The number of amides is 2. The molecule has 1 heterocycles. The summed E-state index contributed by atoms with van der Waals surface area (Å²) in [5, 5.41) is 6.14. The highest BCUT2D eigenvalue weighted by atomic mass is 16.2. The zero-order valence-electron chi connectivity index (χ0n) is 14.1. The summed E-state index contributed by atoms with van der Waals surface area (Å²) in [6.07, 6.45) is 6.83. The lowest BCUT2D eigenvalue weighted by molar-refractivity contribution is -0.136. The average molecular weight is 326 g/mol. The van der Waals surface area contributed by atoms with E-state index in [0.717, 1.165) is 25.2 Å². The first-order valence-electron chi connectivity index (χ1n) is 9.27. The summed E-state index contributed by atoms with van der Waals surface area (Å²) in [5.41, 5.74) is 1.02. The molecule has 1 aliphatic heterocycles. The predicted molar refractivity (Wildman–Crippen MR) is 92.2 cm³/mol. The Balaban J connectivity index is 1.52. The quantitative estimate of drug-likeness (QED) is 0.893. The monoisotopic (exact) mass is 326 g/mol. The maximum atomic E-state index is 13.3. The molecule has 2 bridgehead atoms. The van der Waals surface area contributed by atoms with E-state index >= 15 is 0 Å². The third-order valence-corrected chi connectivity index (χ3v) is 6.39. The smallest absolute Gasteiger partial charge is 0.227 e.